The second-order valence-electron chi connectivity index (χ2n) is 7.96. The van der Waals surface area contributed by atoms with Crippen molar-refractivity contribution in [3.8, 4) is 0 Å². The highest BCUT2D eigenvalue weighted by Crippen LogP contribution is 2.28. The monoisotopic (exact) mass is 400 g/mol. The summed E-state index contributed by atoms with van der Waals surface area (Å²) in [6.45, 7) is 12.8. The van der Waals surface area contributed by atoms with Crippen molar-refractivity contribution in [3.63, 3.8) is 0 Å². The zero-order chi connectivity index (χ0) is 21.0. The van der Waals surface area contributed by atoms with E-state index in [0.29, 0.717) is 23.9 Å². The third-order valence-electron chi connectivity index (χ3n) is 5.58. The third kappa shape index (κ3) is 5.16. The maximum Gasteiger partial charge on any atom is 0.338 e. The summed E-state index contributed by atoms with van der Waals surface area (Å²) in [7, 11) is 0. The van der Waals surface area contributed by atoms with Gasteiger partial charge in [0.05, 0.1) is 18.2 Å². The maximum atomic E-state index is 12.9. The number of hydrogen-bond acceptors (Lipinski definition) is 5. The van der Waals surface area contributed by atoms with Crippen LogP contribution in [0.2, 0.25) is 0 Å². The van der Waals surface area contributed by atoms with E-state index in [9.17, 15) is 9.59 Å². The summed E-state index contributed by atoms with van der Waals surface area (Å²) in [5.41, 5.74) is 3.12. The molecule has 0 saturated carbocycles. The molecule has 2 heterocycles. The van der Waals surface area contributed by atoms with Crippen LogP contribution >= 0.6 is 0 Å². The second kappa shape index (κ2) is 9.41. The van der Waals surface area contributed by atoms with E-state index in [2.05, 4.69) is 34.3 Å². The number of carbonyl (C=O) groups excluding carboxylic acids is 2. The van der Waals surface area contributed by atoms with Crippen molar-refractivity contribution in [2.75, 3.05) is 39.3 Å². The molecule has 1 aromatic carbocycles. The first-order valence-corrected chi connectivity index (χ1v) is 10.4. The Hall–Kier alpha value is -2.38. The minimum atomic E-state index is -0.518. The Labute approximate surface area is 173 Å². The van der Waals surface area contributed by atoms with Crippen LogP contribution < -0.4 is 10.6 Å². The highest BCUT2D eigenvalue weighted by molar-refractivity contribution is 5.95. The lowest BCUT2D eigenvalue weighted by molar-refractivity contribution is -0.139. The van der Waals surface area contributed by atoms with E-state index in [-0.39, 0.29) is 18.6 Å². The molecular weight excluding hydrogens is 368 g/mol. The van der Waals surface area contributed by atoms with E-state index in [1.54, 1.807) is 6.92 Å². The van der Waals surface area contributed by atoms with Crippen molar-refractivity contribution < 1.29 is 14.3 Å². The molecule has 2 N–H and O–H groups in total. The van der Waals surface area contributed by atoms with Crippen LogP contribution in [0.3, 0.4) is 0 Å². The van der Waals surface area contributed by atoms with E-state index in [0.717, 1.165) is 37.3 Å². The number of nitrogens with zero attached hydrogens (tertiary/aromatic N) is 2. The van der Waals surface area contributed by atoms with E-state index in [1.165, 1.54) is 0 Å². The largest absolute Gasteiger partial charge is 0.463 e. The molecule has 2 aliphatic heterocycles. The van der Waals surface area contributed by atoms with Gasteiger partial charge in [0.2, 0.25) is 0 Å². The topological polar surface area (TPSA) is 73.9 Å². The van der Waals surface area contributed by atoms with Gasteiger partial charge < -0.3 is 15.4 Å². The first kappa shape index (κ1) is 21.3. The zero-order valence-corrected chi connectivity index (χ0v) is 17.8. The van der Waals surface area contributed by atoms with Crippen LogP contribution in [0.25, 0.3) is 0 Å². The molecule has 0 unspecified atom stereocenters. The van der Waals surface area contributed by atoms with Gasteiger partial charge in [0.25, 0.3) is 0 Å². The summed E-state index contributed by atoms with van der Waals surface area (Å²) in [5, 5.41) is 5.77. The van der Waals surface area contributed by atoms with Gasteiger partial charge in [0.15, 0.2) is 0 Å². The second-order valence-corrected chi connectivity index (χ2v) is 7.96. The highest BCUT2D eigenvalue weighted by atomic mass is 16.5. The summed E-state index contributed by atoms with van der Waals surface area (Å²) in [6, 6.07) is 7.58. The molecule has 0 aromatic heterocycles. The molecular formula is C22H32N4O3. The molecule has 0 spiro atoms. The summed E-state index contributed by atoms with van der Waals surface area (Å²) in [6.07, 6.45) is 0. The molecule has 0 aliphatic carbocycles. The lowest BCUT2D eigenvalue weighted by Gasteiger charge is -2.38. The van der Waals surface area contributed by atoms with E-state index in [4.69, 9.17) is 4.74 Å². The van der Waals surface area contributed by atoms with Gasteiger partial charge in [-0.2, -0.15) is 0 Å². The van der Waals surface area contributed by atoms with Gasteiger partial charge in [-0.25, -0.2) is 9.59 Å². The summed E-state index contributed by atoms with van der Waals surface area (Å²) in [4.78, 5) is 30.0. The number of ether oxygens (including phenoxy) is 1. The first-order valence-electron chi connectivity index (χ1n) is 10.4. The van der Waals surface area contributed by atoms with Crippen LogP contribution in [0.15, 0.2) is 35.5 Å². The highest BCUT2D eigenvalue weighted by Gasteiger charge is 2.34. The van der Waals surface area contributed by atoms with Crippen molar-refractivity contribution in [2.45, 2.75) is 39.8 Å². The molecule has 2 amide bonds. The number of amides is 2. The van der Waals surface area contributed by atoms with E-state index < -0.39 is 6.04 Å². The standard InChI is InChI=1S/C22H32N4O3/c1-5-29-21(27)19-18(14-25-10-12-26(13-11-25)15(2)3)23-22(28)24-20(19)17-8-6-16(4)7-9-17/h6-9,15,20H,5,10-14H2,1-4H3,(H2,23,24,28)/t20-/m1/s1. The smallest absolute Gasteiger partial charge is 0.338 e. The quantitative estimate of drug-likeness (QED) is 0.716. The Kier molecular flexibility index (Phi) is 6.92. The van der Waals surface area contributed by atoms with Gasteiger partial charge in [-0.05, 0) is 33.3 Å². The fourth-order valence-electron chi connectivity index (χ4n) is 3.86. The van der Waals surface area contributed by atoms with Crippen LogP contribution in [0, 0.1) is 6.92 Å². The van der Waals surface area contributed by atoms with Gasteiger partial charge in [0.1, 0.15) is 0 Å². The Morgan fingerprint density at radius 3 is 2.41 bits per heavy atom. The molecule has 1 atom stereocenters. The average Bonchev–Trinajstić information content (AvgIpc) is 2.68. The number of aryl methyl sites for hydroxylation is 1. The minimum absolute atomic E-state index is 0.289. The zero-order valence-electron chi connectivity index (χ0n) is 17.8. The number of esters is 1. The van der Waals surface area contributed by atoms with Gasteiger partial charge in [-0.1, -0.05) is 29.8 Å². The molecule has 7 heteroatoms. The van der Waals surface area contributed by atoms with Crippen LogP contribution in [-0.4, -0.2) is 67.2 Å². The molecule has 0 radical (unpaired) electrons. The van der Waals surface area contributed by atoms with Crippen LogP contribution in [0.1, 0.15) is 37.9 Å². The van der Waals surface area contributed by atoms with Crippen molar-refractivity contribution in [1.29, 1.82) is 0 Å². The molecule has 1 saturated heterocycles. The summed E-state index contributed by atoms with van der Waals surface area (Å²) in [5.74, 6) is -0.388. The van der Waals surface area contributed by atoms with Gasteiger partial charge in [0, 0.05) is 44.5 Å². The van der Waals surface area contributed by atoms with E-state index in [1.807, 2.05) is 31.2 Å². The third-order valence-corrected chi connectivity index (χ3v) is 5.58. The van der Waals surface area contributed by atoms with Crippen LogP contribution in [-0.2, 0) is 9.53 Å². The lowest BCUT2D eigenvalue weighted by atomic mass is 9.94. The molecule has 29 heavy (non-hydrogen) atoms. The Bertz CT molecular complexity index is 765. The van der Waals surface area contributed by atoms with Crippen molar-refractivity contribution >= 4 is 12.0 Å². The minimum Gasteiger partial charge on any atom is -0.463 e. The number of carbonyl (C=O) groups is 2. The molecule has 1 aromatic rings. The molecule has 2 aliphatic rings. The molecule has 158 valence electrons. The van der Waals surface area contributed by atoms with E-state index >= 15 is 0 Å². The Morgan fingerprint density at radius 1 is 1.17 bits per heavy atom. The number of rotatable bonds is 6. The van der Waals surface area contributed by atoms with Gasteiger partial charge in [-0.3, -0.25) is 9.80 Å². The number of urea groups is 1. The number of benzene rings is 1. The fourth-order valence-corrected chi connectivity index (χ4v) is 3.86. The van der Waals surface area contributed by atoms with Crippen LogP contribution in [0.5, 0.6) is 0 Å². The Morgan fingerprint density at radius 2 is 1.83 bits per heavy atom. The summed E-state index contributed by atoms with van der Waals surface area (Å²) < 4.78 is 5.35. The summed E-state index contributed by atoms with van der Waals surface area (Å²) >= 11 is 0. The normalized spacial score (nSPS) is 21.1. The SMILES string of the molecule is CCOC(=O)C1=C(CN2CCN(C(C)C)CC2)NC(=O)N[C@@H]1c1ccc(C)cc1. The lowest BCUT2D eigenvalue weighted by Crippen LogP contribution is -2.52. The predicted molar refractivity (Wildman–Crippen MR) is 112 cm³/mol. The number of piperazine rings is 1. The average molecular weight is 401 g/mol. The van der Waals surface area contributed by atoms with Crippen molar-refractivity contribution in [3.05, 3.63) is 46.7 Å². The maximum absolute atomic E-state index is 12.9. The van der Waals surface area contributed by atoms with Crippen molar-refractivity contribution in [2.24, 2.45) is 0 Å². The molecule has 1 fully saturated rings. The molecule has 7 nitrogen and oxygen atoms in total. The fraction of sp³-hybridized carbons (Fsp3) is 0.545. The van der Waals surface area contributed by atoms with Gasteiger partial charge >= 0.3 is 12.0 Å². The number of nitrogens with one attached hydrogen (secondary N) is 2. The number of hydrogen-bond donors (Lipinski definition) is 2. The molecule has 0 bridgehead atoms. The molecule has 3 rings (SSSR count). The predicted octanol–water partition coefficient (Wildman–Crippen LogP) is 2.19. The van der Waals surface area contributed by atoms with Crippen molar-refractivity contribution in [1.82, 2.24) is 20.4 Å². The van der Waals surface area contributed by atoms with Gasteiger partial charge in [-0.15, -0.1) is 0 Å². The van der Waals surface area contributed by atoms with Crippen LogP contribution in [0.4, 0.5) is 4.79 Å². The first-order chi connectivity index (χ1) is 13.9. The Balaban J connectivity index is 1.88.